The molecular weight excluding hydrogens is 276 g/mol. The molecule has 0 aliphatic carbocycles. The SMILES string of the molecule is CCN(CC)CCN[C@H](C)c1ccccc1Br. The first kappa shape index (κ1) is 14.7. The lowest BCUT2D eigenvalue weighted by Crippen LogP contribution is -2.33. The number of rotatable bonds is 7. The van der Waals surface area contributed by atoms with Crippen LogP contribution in [-0.4, -0.2) is 31.1 Å². The topological polar surface area (TPSA) is 15.3 Å². The Bertz CT molecular complexity index is 324. The Morgan fingerprint density at radius 1 is 1.24 bits per heavy atom. The van der Waals surface area contributed by atoms with Gasteiger partial charge in [0.2, 0.25) is 0 Å². The van der Waals surface area contributed by atoms with E-state index in [0.717, 1.165) is 26.2 Å². The summed E-state index contributed by atoms with van der Waals surface area (Å²) in [4.78, 5) is 2.43. The monoisotopic (exact) mass is 298 g/mol. The van der Waals surface area contributed by atoms with E-state index in [2.05, 4.69) is 71.2 Å². The van der Waals surface area contributed by atoms with Crippen LogP contribution >= 0.6 is 15.9 Å². The predicted molar refractivity (Wildman–Crippen MR) is 78.3 cm³/mol. The van der Waals surface area contributed by atoms with E-state index in [1.54, 1.807) is 0 Å². The fourth-order valence-corrected chi connectivity index (χ4v) is 2.54. The van der Waals surface area contributed by atoms with Gasteiger partial charge in [-0.1, -0.05) is 48.0 Å². The van der Waals surface area contributed by atoms with Crippen molar-refractivity contribution in [3.63, 3.8) is 0 Å². The van der Waals surface area contributed by atoms with Crippen LogP contribution < -0.4 is 5.32 Å². The van der Waals surface area contributed by atoms with E-state index in [1.165, 1.54) is 10.0 Å². The fraction of sp³-hybridized carbons (Fsp3) is 0.571. The molecule has 1 aromatic carbocycles. The number of benzene rings is 1. The minimum absolute atomic E-state index is 0.390. The van der Waals surface area contributed by atoms with Crippen LogP contribution in [0.25, 0.3) is 0 Å². The number of nitrogens with one attached hydrogen (secondary N) is 1. The minimum atomic E-state index is 0.390. The van der Waals surface area contributed by atoms with Crippen LogP contribution in [-0.2, 0) is 0 Å². The van der Waals surface area contributed by atoms with Crippen molar-refractivity contribution in [3.05, 3.63) is 34.3 Å². The van der Waals surface area contributed by atoms with E-state index >= 15 is 0 Å². The van der Waals surface area contributed by atoms with Crippen molar-refractivity contribution in [2.24, 2.45) is 0 Å². The molecule has 2 nitrogen and oxygen atoms in total. The maximum atomic E-state index is 3.59. The summed E-state index contributed by atoms with van der Waals surface area (Å²) in [6, 6.07) is 8.79. The molecule has 0 fully saturated rings. The van der Waals surface area contributed by atoms with Gasteiger partial charge in [-0.25, -0.2) is 0 Å². The average molecular weight is 299 g/mol. The summed E-state index contributed by atoms with van der Waals surface area (Å²) in [5.74, 6) is 0. The van der Waals surface area contributed by atoms with Gasteiger partial charge in [0.25, 0.3) is 0 Å². The van der Waals surface area contributed by atoms with Crippen molar-refractivity contribution in [3.8, 4) is 0 Å². The van der Waals surface area contributed by atoms with E-state index < -0.39 is 0 Å². The van der Waals surface area contributed by atoms with Crippen LogP contribution in [0.1, 0.15) is 32.4 Å². The zero-order chi connectivity index (χ0) is 12.7. The Balaban J connectivity index is 2.40. The standard InChI is InChI=1S/C14H23BrN2/c1-4-17(5-2)11-10-16-12(3)13-8-6-7-9-14(13)15/h6-9,12,16H,4-5,10-11H2,1-3H3/t12-/m1/s1. The van der Waals surface area contributed by atoms with Crippen LogP contribution in [0.2, 0.25) is 0 Å². The van der Waals surface area contributed by atoms with Crippen LogP contribution in [0, 0.1) is 0 Å². The molecular formula is C14H23BrN2. The van der Waals surface area contributed by atoms with Gasteiger partial charge in [0.1, 0.15) is 0 Å². The lowest BCUT2D eigenvalue weighted by Gasteiger charge is -2.21. The molecule has 1 atom stereocenters. The van der Waals surface area contributed by atoms with Crippen molar-refractivity contribution in [2.45, 2.75) is 26.8 Å². The number of hydrogen-bond donors (Lipinski definition) is 1. The van der Waals surface area contributed by atoms with Gasteiger partial charge in [-0.05, 0) is 31.6 Å². The molecule has 1 rings (SSSR count). The molecule has 1 aromatic rings. The maximum absolute atomic E-state index is 3.59. The second-order valence-corrected chi connectivity index (χ2v) is 5.08. The zero-order valence-electron chi connectivity index (χ0n) is 11.0. The Hall–Kier alpha value is -0.380. The molecule has 96 valence electrons. The summed E-state index contributed by atoms with van der Waals surface area (Å²) in [6.45, 7) is 11.0. The maximum Gasteiger partial charge on any atom is 0.0303 e. The zero-order valence-corrected chi connectivity index (χ0v) is 12.6. The normalized spacial score (nSPS) is 13.0. The van der Waals surface area contributed by atoms with Crippen LogP contribution in [0.3, 0.4) is 0 Å². The molecule has 0 heterocycles. The van der Waals surface area contributed by atoms with Gasteiger partial charge in [0.15, 0.2) is 0 Å². The molecule has 0 bridgehead atoms. The predicted octanol–water partition coefficient (Wildman–Crippen LogP) is 3.44. The average Bonchev–Trinajstić information content (AvgIpc) is 2.35. The quantitative estimate of drug-likeness (QED) is 0.829. The Morgan fingerprint density at radius 3 is 2.47 bits per heavy atom. The van der Waals surface area contributed by atoms with Crippen LogP contribution in [0.4, 0.5) is 0 Å². The molecule has 0 saturated carbocycles. The van der Waals surface area contributed by atoms with E-state index in [9.17, 15) is 0 Å². The van der Waals surface area contributed by atoms with Gasteiger partial charge in [-0.2, -0.15) is 0 Å². The van der Waals surface area contributed by atoms with Crippen molar-refractivity contribution < 1.29 is 0 Å². The highest BCUT2D eigenvalue weighted by Crippen LogP contribution is 2.22. The Morgan fingerprint density at radius 2 is 1.88 bits per heavy atom. The van der Waals surface area contributed by atoms with Crippen LogP contribution in [0.15, 0.2) is 28.7 Å². The molecule has 0 aliphatic heterocycles. The number of nitrogens with zero attached hydrogens (tertiary/aromatic N) is 1. The first-order valence-electron chi connectivity index (χ1n) is 6.39. The number of likely N-dealkylation sites (N-methyl/N-ethyl adjacent to an activating group) is 1. The molecule has 0 aromatic heterocycles. The summed E-state index contributed by atoms with van der Waals surface area (Å²) in [5, 5.41) is 3.57. The minimum Gasteiger partial charge on any atom is -0.309 e. The lowest BCUT2D eigenvalue weighted by molar-refractivity contribution is 0.298. The lowest BCUT2D eigenvalue weighted by atomic mass is 10.1. The van der Waals surface area contributed by atoms with E-state index in [4.69, 9.17) is 0 Å². The van der Waals surface area contributed by atoms with E-state index in [1.807, 2.05) is 0 Å². The second kappa shape index (κ2) is 7.85. The number of halogens is 1. The first-order chi connectivity index (χ1) is 8.19. The Kier molecular flexibility index (Phi) is 6.78. The van der Waals surface area contributed by atoms with Gasteiger partial charge in [-0.15, -0.1) is 0 Å². The van der Waals surface area contributed by atoms with Gasteiger partial charge >= 0.3 is 0 Å². The van der Waals surface area contributed by atoms with Crippen LogP contribution in [0.5, 0.6) is 0 Å². The van der Waals surface area contributed by atoms with Gasteiger partial charge in [0, 0.05) is 23.6 Å². The molecule has 3 heteroatoms. The smallest absolute Gasteiger partial charge is 0.0303 e. The van der Waals surface area contributed by atoms with E-state index in [-0.39, 0.29) is 0 Å². The highest BCUT2D eigenvalue weighted by Gasteiger charge is 2.08. The van der Waals surface area contributed by atoms with Gasteiger partial charge < -0.3 is 10.2 Å². The van der Waals surface area contributed by atoms with Gasteiger partial charge in [-0.3, -0.25) is 0 Å². The Labute approximate surface area is 114 Å². The van der Waals surface area contributed by atoms with Crippen molar-refractivity contribution in [2.75, 3.05) is 26.2 Å². The summed E-state index contributed by atoms with van der Waals surface area (Å²) >= 11 is 3.59. The molecule has 0 saturated heterocycles. The number of hydrogen-bond acceptors (Lipinski definition) is 2. The molecule has 17 heavy (non-hydrogen) atoms. The van der Waals surface area contributed by atoms with Crippen molar-refractivity contribution in [1.29, 1.82) is 0 Å². The largest absolute Gasteiger partial charge is 0.309 e. The summed E-state index contributed by atoms with van der Waals surface area (Å²) in [7, 11) is 0. The molecule has 0 amide bonds. The molecule has 0 unspecified atom stereocenters. The summed E-state index contributed by atoms with van der Waals surface area (Å²) in [5.41, 5.74) is 1.33. The second-order valence-electron chi connectivity index (χ2n) is 4.22. The molecule has 0 aliphatic rings. The first-order valence-corrected chi connectivity index (χ1v) is 7.18. The highest BCUT2D eigenvalue weighted by molar-refractivity contribution is 9.10. The summed E-state index contributed by atoms with van der Waals surface area (Å²) < 4.78 is 1.18. The molecule has 0 radical (unpaired) electrons. The third-order valence-electron chi connectivity index (χ3n) is 3.14. The highest BCUT2D eigenvalue weighted by atomic mass is 79.9. The molecule has 0 spiro atoms. The van der Waals surface area contributed by atoms with Crippen molar-refractivity contribution in [1.82, 2.24) is 10.2 Å². The third kappa shape index (κ3) is 4.78. The third-order valence-corrected chi connectivity index (χ3v) is 3.87. The summed E-state index contributed by atoms with van der Waals surface area (Å²) in [6.07, 6.45) is 0. The van der Waals surface area contributed by atoms with Gasteiger partial charge in [0.05, 0.1) is 0 Å². The van der Waals surface area contributed by atoms with Crippen molar-refractivity contribution >= 4 is 15.9 Å². The van der Waals surface area contributed by atoms with E-state index in [0.29, 0.717) is 6.04 Å². The molecule has 1 N–H and O–H groups in total. The fourth-order valence-electron chi connectivity index (χ4n) is 1.92.